The minimum atomic E-state index is 0.563. The molecule has 0 spiro atoms. The number of hydrogen-bond acceptors (Lipinski definition) is 3. The molecule has 2 N–H and O–H groups in total. The van der Waals surface area contributed by atoms with Crippen molar-refractivity contribution in [3.8, 4) is 5.75 Å². The van der Waals surface area contributed by atoms with Gasteiger partial charge in [0.05, 0.1) is 17.4 Å². The monoisotopic (exact) mass is 204 g/mol. The number of nitrogens with zero attached hydrogens (tertiary/aromatic N) is 1. The van der Waals surface area contributed by atoms with Gasteiger partial charge in [0.2, 0.25) is 0 Å². The molecular weight excluding hydrogens is 188 g/mol. The van der Waals surface area contributed by atoms with E-state index in [2.05, 4.69) is 11.0 Å². The maximum Gasteiger partial charge on any atom is 0.165 e. The van der Waals surface area contributed by atoms with Gasteiger partial charge in [-0.3, -0.25) is 0 Å². The zero-order valence-electron chi connectivity index (χ0n) is 8.78. The van der Waals surface area contributed by atoms with Crippen LogP contribution in [-0.4, -0.2) is 19.2 Å². The Morgan fingerprint density at radius 3 is 3.20 bits per heavy atom. The van der Waals surface area contributed by atoms with Gasteiger partial charge in [-0.2, -0.15) is 0 Å². The summed E-state index contributed by atoms with van der Waals surface area (Å²) in [6.07, 6.45) is 3.85. The Morgan fingerprint density at radius 1 is 1.33 bits per heavy atom. The second kappa shape index (κ2) is 3.33. The first-order valence-corrected chi connectivity index (χ1v) is 5.64. The van der Waals surface area contributed by atoms with E-state index in [4.69, 9.17) is 10.5 Å². The van der Waals surface area contributed by atoms with Crippen molar-refractivity contribution in [2.24, 2.45) is 0 Å². The Bertz CT molecular complexity index is 378. The zero-order chi connectivity index (χ0) is 10.3. The number of benzene rings is 1. The predicted octanol–water partition coefficient (Wildman–Crippen LogP) is 2.02. The molecule has 3 rings (SSSR count). The molecule has 0 amide bonds. The van der Waals surface area contributed by atoms with E-state index in [1.54, 1.807) is 0 Å². The summed E-state index contributed by atoms with van der Waals surface area (Å²) in [6, 6.07) is 6.59. The van der Waals surface area contributed by atoms with E-state index in [1.807, 2.05) is 12.1 Å². The van der Waals surface area contributed by atoms with Crippen molar-refractivity contribution < 1.29 is 4.74 Å². The van der Waals surface area contributed by atoms with E-state index in [0.29, 0.717) is 6.04 Å². The van der Waals surface area contributed by atoms with Crippen LogP contribution in [0.15, 0.2) is 18.2 Å². The largest absolute Gasteiger partial charge is 0.487 e. The predicted molar refractivity (Wildman–Crippen MR) is 61.3 cm³/mol. The molecule has 1 saturated heterocycles. The third-order valence-electron chi connectivity index (χ3n) is 3.38. The van der Waals surface area contributed by atoms with E-state index < -0.39 is 0 Å². The third-order valence-corrected chi connectivity index (χ3v) is 3.38. The maximum atomic E-state index is 5.91. The Hall–Kier alpha value is -1.38. The number of ether oxygens (including phenoxy) is 1. The van der Waals surface area contributed by atoms with Crippen LogP contribution in [0.2, 0.25) is 0 Å². The molecule has 2 heterocycles. The van der Waals surface area contributed by atoms with Gasteiger partial charge in [0, 0.05) is 6.54 Å². The van der Waals surface area contributed by atoms with Crippen molar-refractivity contribution in [1.29, 1.82) is 0 Å². The highest BCUT2D eigenvalue weighted by atomic mass is 16.5. The molecule has 1 unspecified atom stereocenters. The van der Waals surface area contributed by atoms with Gasteiger partial charge in [0.15, 0.2) is 5.75 Å². The molecule has 1 aromatic rings. The fourth-order valence-electron chi connectivity index (χ4n) is 2.60. The lowest BCUT2D eigenvalue weighted by molar-refractivity contribution is 0.241. The Kier molecular flexibility index (Phi) is 1.97. The Morgan fingerprint density at radius 2 is 2.27 bits per heavy atom. The minimum Gasteiger partial charge on any atom is -0.487 e. The number of rotatable bonds is 0. The molecule has 1 atom stereocenters. The van der Waals surface area contributed by atoms with Crippen molar-refractivity contribution in [2.75, 3.05) is 23.8 Å². The smallest absolute Gasteiger partial charge is 0.165 e. The molecule has 0 bridgehead atoms. The zero-order valence-corrected chi connectivity index (χ0v) is 8.78. The highest BCUT2D eigenvalue weighted by molar-refractivity contribution is 5.71. The average Bonchev–Trinajstić information content (AvgIpc) is 2.29. The van der Waals surface area contributed by atoms with Gasteiger partial charge >= 0.3 is 0 Å². The first-order valence-electron chi connectivity index (χ1n) is 5.64. The van der Waals surface area contributed by atoms with E-state index in [-0.39, 0.29) is 0 Å². The molecule has 0 radical (unpaired) electrons. The van der Waals surface area contributed by atoms with Gasteiger partial charge in [-0.05, 0) is 31.4 Å². The summed E-state index contributed by atoms with van der Waals surface area (Å²) in [5, 5.41) is 0. The number of anilines is 2. The van der Waals surface area contributed by atoms with Crippen LogP contribution >= 0.6 is 0 Å². The van der Waals surface area contributed by atoms with Gasteiger partial charge in [-0.1, -0.05) is 6.07 Å². The number of nitrogen functional groups attached to an aromatic ring is 1. The van der Waals surface area contributed by atoms with Crippen molar-refractivity contribution in [2.45, 2.75) is 25.3 Å². The Labute approximate surface area is 89.8 Å². The standard InChI is InChI=1S/C12H16N2O/c13-10-5-3-6-11-12(10)15-8-9-4-1-2-7-14(9)11/h3,5-6,9H,1-2,4,7-8,13H2. The Balaban J connectivity index is 2.03. The molecule has 0 aliphatic carbocycles. The lowest BCUT2D eigenvalue weighted by atomic mass is 10.00. The topological polar surface area (TPSA) is 38.5 Å². The number of para-hydroxylation sites is 1. The first-order chi connectivity index (χ1) is 7.36. The van der Waals surface area contributed by atoms with Crippen LogP contribution in [-0.2, 0) is 0 Å². The van der Waals surface area contributed by atoms with Gasteiger partial charge in [0.1, 0.15) is 6.61 Å². The normalized spacial score (nSPS) is 24.0. The van der Waals surface area contributed by atoms with Crippen LogP contribution in [0.1, 0.15) is 19.3 Å². The quantitative estimate of drug-likeness (QED) is 0.657. The molecule has 15 heavy (non-hydrogen) atoms. The minimum absolute atomic E-state index is 0.563. The molecule has 1 fully saturated rings. The molecule has 3 heteroatoms. The number of piperidine rings is 1. The molecule has 1 aromatic carbocycles. The van der Waals surface area contributed by atoms with Crippen molar-refractivity contribution in [3.63, 3.8) is 0 Å². The summed E-state index contributed by atoms with van der Waals surface area (Å²) in [7, 11) is 0. The summed E-state index contributed by atoms with van der Waals surface area (Å²) < 4.78 is 5.76. The fraction of sp³-hybridized carbons (Fsp3) is 0.500. The van der Waals surface area contributed by atoms with Gasteiger partial charge in [-0.15, -0.1) is 0 Å². The van der Waals surface area contributed by atoms with Gasteiger partial charge < -0.3 is 15.4 Å². The molecule has 3 nitrogen and oxygen atoms in total. The first kappa shape index (κ1) is 8.89. The van der Waals surface area contributed by atoms with Crippen LogP contribution in [0.5, 0.6) is 5.75 Å². The third kappa shape index (κ3) is 1.34. The maximum absolute atomic E-state index is 5.91. The van der Waals surface area contributed by atoms with E-state index >= 15 is 0 Å². The number of nitrogens with two attached hydrogens (primary N) is 1. The van der Waals surface area contributed by atoms with E-state index in [0.717, 1.165) is 24.6 Å². The highest BCUT2D eigenvalue weighted by Crippen LogP contribution is 2.40. The SMILES string of the molecule is Nc1cccc2c1OCC1CCCCN21. The fourth-order valence-corrected chi connectivity index (χ4v) is 2.60. The average molecular weight is 204 g/mol. The molecule has 0 saturated carbocycles. The number of fused-ring (bicyclic) bond motifs is 3. The lowest BCUT2D eigenvalue weighted by Gasteiger charge is -2.41. The van der Waals surface area contributed by atoms with Crippen LogP contribution in [0.4, 0.5) is 11.4 Å². The van der Waals surface area contributed by atoms with Crippen molar-refractivity contribution >= 4 is 11.4 Å². The molecular formula is C12H16N2O. The second-order valence-corrected chi connectivity index (χ2v) is 4.35. The molecule has 2 aliphatic heterocycles. The molecule has 80 valence electrons. The van der Waals surface area contributed by atoms with E-state index in [9.17, 15) is 0 Å². The summed E-state index contributed by atoms with van der Waals surface area (Å²) in [6.45, 7) is 1.94. The highest BCUT2D eigenvalue weighted by Gasteiger charge is 2.30. The van der Waals surface area contributed by atoms with Crippen molar-refractivity contribution in [1.82, 2.24) is 0 Å². The van der Waals surface area contributed by atoms with Crippen LogP contribution in [0.25, 0.3) is 0 Å². The summed E-state index contributed by atoms with van der Waals surface area (Å²) in [4.78, 5) is 2.46. The van der Waals surface area contributed by atoms with Crippen molar-refractivity contribution in [3.05, 3.63) is 18.2 Å². The summed E-state index contributed by atoms with van der Waals surface area (Å²) in [5.74, 6) is 0.885. The van der Waals surface area contributed by atoms with Gasteiger partial charge in [-0.25, -0.2) is 0 Å². The molecule has 2 aliphatic rings. The second-order valence-electron chi connectivity index (χ2n) is 4.35. The van der Waals surface area contributed by atoms with Gasteiger partial charge in [0.25, 0.3) is 0 Å². The molecule has 0 aromatic heterocycles. The summed E-state index contributed by atoms with van der Waals surface area (Å²) >= 11 is 0. The lowest BCUT2D eigenvalue weighted by Crippen LogP contribution is -2.46. The van der Waals surface area contributed by atoms with Crippen LogP contribution in [0, 0.1) is 0 Å². The summed E-state index contributed by atoms with van der Waals surface area (Å²) in [5.41, 5.74) is 7.86. The van der Waals surface area contributed by atoms with Crippen LogP contribution in [0.3, 0.4) is 0 Å². The van der Waals surface area contributed by atoms with E-state index in [1.165, 1.54) is 24.9 Å². The number of hydrogen-bond donors (Lipinski definition) is 1. The van der Waals surface area contributed by atoms with Crippen LogP contribution < -0.4 is 15.4 Å².